The molecule has 0 bridgehead atoms. The maximum absolute atomic E-state index is 6.89. The number of fused-ring (bicyclic) bond motifs is 1. The Kier molecular flexibility index (Phi) is 16.8. The summed E-state index contributed by atoms with van der Waals surface area (Å²) in [6, 6.07) is 6.83. The molecule has 344 valence electrons. The van der Waals surface area contributed by atoms with Gasteiger partial charge in [-0.15, -0.1) is 10.6 Å². The van der Waals surface area contributed by atoms with Crippen molar-refractivity contribution in [3.8, 4) is 34.4 Å². The third kappa shape index (κ3) is 11.2. The number of hydrogen-bond donors (Lipinski definition) is 0. The molecular weight excluding hydrogens is 922 g/mol. The number of hydrogen-bond acceptors (Lipinski definition) is 8. The van der Waals surface area contributed by atoms with Crippen LogP contribution in [0.2, 0.25) is 34.8 Å². The number of nitrogens with zero attached hydrogens (tertiary/aromatic N) is 7. The highest BCUT2D eigenvalue weighted by Crippen LogP contribution is 2.42. The van der Waals surface area contributed by atoms with Crippen LogP contribution >= 0.6 is 22.6 Å². The first kappa shape index (κ1) is 50.3. The Hall–Kier alpha value is -2.69. The van der Waals surface area contributed by atoms with Crippen molar-refractivity contribution in [2.75, 3.05) is 19.8 Å². The summed E-state index contributed by atoms with van der Waals surface area (Å²) in [6.07, 6.45) is 4.85. The van der Waals surface area contributed by atoms with Crippen molar-refractivity contribution in [1.82, 2.24) is 34.2 Å². The summed E-state index contributed by atoms with van der Waals surface area (Å²) in [5.74, 6) is 5.12. The maximum atomic E-state index is 6.89. The van der Waals surface area contributed by atoms with Crippen molar-refractivity contribution >= 4 is 49.9 Å². The van der Waals surface area contributed by atoms with Gasteiger partial charge >= 0.3 is 0 Å². The van der Waals surface area contributed by atoms with E-state index in [-0.39, 0.29) is 29.5 Å². The lowest BCUT2D eigenvalue weighted by atomic mass is 10.1. The van der Waals surface area contributed by atoms with Crippen LogP contribution in [0.25, 0.3) is 22.0 Å². The van der Waals surface area contributed by atoms with E-state index in [4.69, 9.17) is 33.9 Å². The fourth-order valence-electron chi connectivity index (χ4n) is 8.80. The highest BCUT2D eigenvalue weighted by Gasteiger charge is 2.42. The third-order valence-corrected chi connectivity index (χ3v) is 25.3. The molecule has 1 aromatic carbocycles. The lowest BCUT2D eigenvalue weighted by Crippen LogP contribution is -2.43. The Balaban J connectivity index is 1.45. The number of benzene rings is 1. The topological polar surface area (TPSA) is 93.6 Å². The van der Waals surface area contributed by atoms with Crippen LogP contribution in [0, 0.1) is 15.0 Å². The zero-order chi connectivity index (χ0) is 45.9. The molecule has 4 heterocycles. The van der Waals surface area contributed by atoms with Gasteiger partial charge in [0.25, 0.3) is 0 Å². The van der Waals surface area contributed by atoms with Crippen LogP contribution in [0.5, 0.6) is 11.8 Å². The van der Waals surface area contributed by atoms with Crippen molar-refractivity contribution in [3.63, 3.8) is 0 Å². The summed E-state index contributed by atoms with van der Waals surface area (Å²) in [5.41, 5.74) is 10.5. The van der Waals surface area contributed by atoms with Gasteiger partial charge in [-0.05, 0) is 129 Å². The molecule has 1 unspecified atom stereocenters. The molecule has 0 radical (unpaired) electrons. The molecule has 62 heavy (non-hydrogen) atoms. The standard InChI is InChI=1S/C48H78IN7O4Si2/c1-32(2)54(31-43-45(49)46(59-33(3)4)52-55(43)24-26-58-61(16,17)48(12,13)14)30-37(11)60-47-40(29-50-53(47)15)38-21-22-42-39(28-38)41(51-56(42)44-20-18-19-25-57-44)23-27-62(34(5)6,35(7)8)36(9)10/h21-22,28-29,32-37,44H,18-20,24-26,30-31H2,1-17H3/t37-,44?/m1/s1. The minimum atomic E-state index is -2.00. The molecule has 5 rings (SSSR count). The molecule has 1 saturated heterocycles. The first-order chi connectivity index (χ1) is 29.0. The van der Waals surface area contributed by atoms with Gasteiger partial charge in [0.1, 0.15) is 19.9 Å². The van der Waals surface area contributed by atoms with Gasteiger partial charge < -0.3 is 18.6 Å². The zero-order valence-electron chi connectivity index (χ0n) is 41.1. The molecule has 2 atom stereocenters. The first-order valence-electron chi connectivity index (χ1n) is 23.1. The average molecular weight is 1000 g/mol. The number of halogens is 1. The van der Waals surface area contributed by atoms with Gasteiger partial charge in [-0.3, -0.25) is 9.58 Å². The van der Waals surface area contributed by atoms with Gasteiger partial charge in [-0.25, -0.2) is 9.36 Å². The molecule has 1 aliphatic rings. The summed E-state index contributed by atoms with van der Waals surface area (Å²) in [7, 11) is -1.96. The molecule has 1 aliphatic heterocycles. The quantitative estimate of drug-likeness (QED) is 0.0553. The first-order valence-corrected chi connectivity index (χ1v) is 29.4. The fourth-order valence-corrected chi connectivity index (χ4v) is 15.7. The maximum Gasteiger partial charge on any atom is 0.246 e. The minimum Gasteiger partial charge on any atom is -0.473 e. The van der Waals surface area contributed by atoms with E-state index >= 15 is 0 Å². The number of rotatable bonds is 18. The second-order valence-electron chi connectivity index (χ2n) is 20.5. The van der Waals surface area contributed by atoms with Gasteiger partial charge in [-0.1, -0.05) is 74.3 Å². The Morgan fingerprint density at radius 2 is 1.63 bits per heavy atom. The molecule has 14 heteroatoms. The minimum absolute atomic E-state index is 0.0222. The van der Waals surface area contributed by atoms with E-state index < -0.39 is 16.4 Å². The van der Waals surface area contributed by atoms with E-state index in [0.29, 0.717) is 48.7 Å². The summed E-state index contributed by atoms with van der Waals surface area (Å²) in [6.45, 7) is 39.7. The Morgan fingerprint density at radius 1 is 0.952 bits per heavy atom. The van der Waals surface area contributed by atoms with E-state index in [1.807, 2.05) is 31.8 Å². The summed E-state index contributed by atoms with van der Waals surface area (Å²) >= 11 is 2.41. The molecule has 3 aromatic heterocycles. The summed E-state index contributed by atoms with van der Waals surface area (Å²) < 4.78 is 33.1. The normalized spacial score (nSPS) is 16.1. The van der Waals surface area contributed by atoms with Crippen LogP contribution in [0.1, 0.15) is 134 Å². The van der Waals surface area contributed by atoms with Crippen molar-refractivity contribution < 1.29 is 18.6 Å². The highest BCUT2D eigenvalue weighted by atomic mass is 127. The Labute approximate surface area is 389 Å². The molecular formula is C48H78IN7O4Si2. The van der Waals surface area contributed by atoms with Crippen LogP contribution in [0.4, 0.5) is 0 Å². The SMILES string of the molecule is CC(C)Oc1nn(CCO[Si](C)(C)C(C)(C)C)c(CN(C[C@@H](C)Oc2c(-c3ccc4c(c3)c(C#C[Si](C(C)C)(C(C)C)C(C)C)nn4C3CCCCO3)cnn2C)C(C)C)c1I. The predicted octanol–water partition coefficient (Wildman–Crippen LogP) is 12.0. The molecule has 0 amide bonds. The van der Waals surface area contributed by atoms with Gasteiger partial charge in [0.15, 0.2) is 14.5 Å². The molecule has 0 saturated carbocycles. The van der Waals surface area contributed by atoms with Crippen molar-refractivity contribution in [1.29, 1.82) is 0 Å². The molecule has 0 aliphatic carbocycles. The number of ether oxygens (including phenoxy) is 3. The summed E-state index contributed by atoms with van der Waals surface area (Å²) in [4.78, 5) is 2.46. The van der Waals surface area contributed by atoms with E-state index in [1.165, 1.54) is 0 Å². The lowest BCUT2D eigenvalue weighted by Gasteiger charge is -2.38. The summed E-state index contributed by atoms with van der Waals surface area (Å²) in [5, 5.41) is 16.1. The molecule has 1 fully saturated rings. The molecule has 4 aromatic rings. The lowest BCUT2D eigenvalue weighted by molar-refractivity contribution is -0.0367. The Morgan fingerprint density at radius 3 is 2.21 bits per heavy atom. The predicted molar refractivity (Wildman–Crippen MR) is 268 cm³/mol. The van der Waals surface area contributed by atoms with Crippen LogP contribution < -0.4 is 9.47 Å². The monoisotopic (exact) mass is 999 g/mol. The second-order valence-corrected chi connectivity index (χ2v) is 32.0. The van der Waals surface area contributed by atoms with Crippen LogP contribution in [0.3, 0.4) is 0 Å². The number of aromatic nitrogens is 6. The van der Waals surface area contributed by atoms with Crippen molar-refractivity contribution in [2.24, 2.45) is 7.05 Å². The van der Waals surface area contributed by atoms with E-state index in [9.17, 15) is 0 Å². The van der Waals surface area contributed by atoms with E-state index in [1.54, 1.807) is 0 Å². The number of aryl methyl sites for hydroxylation is 1. The van der Waals surface area contributed by atoms with Crippen LogP contribution in [-0.4, -0.2) is 88.6 Å². The molecule has 0 N–H and O–H groups in total. The Bertz CT molecular complexity index is 2140. The van der Waals surface area contributed by atoms with Crippen LogP contribution in [0.15, 0.2) is 24.4 Å². The molecule has 0 spiro atoms. The van der Waals surface area contributed by atoms with E-state index in [2.05, 4.69) is 163 Å². The van der Waals surface area contributed by atoms with Crippen LogP contribution in [-0.2, 0) is 29.3 Å². The second kappa shape index (κ2) is 20.6. The fraction of sp³-hybridized carbons (Fsp3) is 0.688. The third-order valence-electron chi connectivity index (χ3n) is 13.4. The molecule has 11 nitrogen and oxygen atoms in total. The van der Waals surface area contributed by atoms with Crippen molar-refractivity contribution in [2.45, 2.75) is 189 Å². The largest absolute Gasteiger partial charge is 0.473 e. The smallest absolute Gasteiger partial charge is 0.246 e. The zero-order valence-corrected chi connectivity index (χ0v) is 45.3. The van der Waals surface area contributed by atoms with E-state index in [0.717, 1.165) is 68.7 Å². The average Bonchev–Trinajstić information content (AvgIpc) is 3.82. The van der Waals surface area contributed by atoms with Gasteiger partial charge in [0.2, 0.25) is 11.8 Å². The van der Waals surface area contributed by atoms with Gasteiger partial charge in [-0.2, -0.15) is 10.2 Å². The van der Waals surface area contributed by atoms with Crippen molar-refractivity contribution in [3.05, 3.63) is 39.4 Å². The highest BCUT2D eigenvalue weighted by molar-refractivity contribution is 14.1. The van der Waals surface area contributed by atoms with Gasteiger partial charge in [0.05, 0.1) is 45.8 Å². The van der Waals surface area contributed by atoms with Gasteiger partial charge in [0, 0.05) is 38.2 Å².